The van der Waals surface area contributed by atoms with Gasteiger partial charge in [-0.25, -0.2) is 4.79 Å². The van der Waals surface area contributed by atoms with Crippen molar-refractivity contribution >= 4 is 11.8 Å². The second kappa shape index (κ2) is 12.2. The van der Waals surface area contributed by atoms with Gasteiger partial charge in [0.05, 0.1) is 5.71 Å². The fraction of sp³-hybridized carbons (Fsp3) is 0.333. The summed E-state index contributed by atoms with van der Waals surface area (Å²) in [6, 6.07) is 18.1. The van der Waals surface area contributed by atoms with Crippen LogP contribution < -0.4 is 5.32 Å². The molecule has 8 nitrogen and oxygen atoms in total. The Morgan fingerprint density at radius 3 is 2.59 bits per heavy atom. The van der Waals surface area contributed by atoms with E-state index in [0.29, 0.717) is 37.7 Å². The van der Waals surface area contributed by atoms with Crippen molar-refractivity contribution in [3.05, 3.63) is 71.6 Å². The SMILES string of the molecule is CC(=NOCCCCc1ccccc1)c1ccc(-c2noc(CCCNC(=O)O)n2)cc1. The van der Waals surface area contributed by atoms with E-state index in [1.807, 2.05) is 37.3 Å². The molecule has 0 aliphatic carbocycles. The summed E-state index contributed by atoms with van der Waals surface area (Å²) in [5.41, 5.74) is 3.94. The summed E-state index contributed by atoms with van der Waals surface area (Å²) in [5.74, 6) is 0.983. The van der Waals surface area contributed by atoms with Gasteiger partial charge >= 0.3 is 6.09 Å². The van der Waals surface area contributed by atoms with Crippen LogP contribution in [0.15, 0.2) is 64.3 Å². The summed E-state index contributed by atoms with van der Waals surface area (Å²) >= 11 is 0. The van der Waals surface area contributed by atoms with Crippen LogP contribution in [0, 0.1) is 0 Å². The molecule has 3 aromatic rings. The Kier molecular flexibility index (Phi) is 8.80. The fourth-order valence-corrected chi connectivity index (χ4v) is 3.10. The van der Waals surface area contributed by atoms with Gasteiger partial charge in [0.25, 0.3) is 0 Å². The third-order valence-electron chi connectivity index (χ3n) is 4.87. The van der Waals surface area contributed by atoms with E-state index in [1.54, 1.807) is 0 Å². The van der Waals surface area contributed by atoms with Crippen molar-refractivity contribution in [1.29, 1.82) is 0 Å². The van der Waals surface area contributed by atoms with Crippen molar-refractivity contribution in [3.8, 4) is 11.4 Å². The first-order valence-corrected chi connectivity index (χ1v) is 10.7. The van der Waals surface area contributed by atoms with Crippen molar-refractivity contribution < 1.29 is 19.3 Å². The van der Waals surface area contributed by atoms with Crippen LogP contribution in [-0.2, 0) is 17.7 Å². The van der Waals surface area contributed by atoms with Crippen LogP contribution >= 0.6 is 0 Å². The van der Waals surface area contributed by atoms with Gasteiger partial charge in [0.15, 0.2) is 0 Å². The molecule has 0 bridgehead atoms. The van der Waals surface area contributed by atoms with E-state index in [1.165, 1.54) is 5.56 Å². The van der Waals surface area contributed by atoms with Crippen LogP contribution in [0.4, 0.5) is 4.79 Å². The van der Waals surface area contributed by atoms with E-state index < -0.39 is 6.09 Å². The number of unbranched alkanes of at least 4 members (excludes halogenated alkanes) is 1. The normalized spacial score (nSPS) is 11.3. The molecule has 0 saturated carbocycles. The Morgan fingerprint density at radius 2 is 1.84 bits per heavy atom. The quantitative estimate of drug-likeness (QED) is 0.242. The number of carboxylic acid groups (broad SMARTS) is 1. The van der Waals surface area contributed by atoms with Crippen molar-refractivity contribution in [2.75, 3.05) is 13.2 Å². The highest BCUT2D eigenvalue weighted by atomic mass is 16.6. The Hall–Kier alpha value is -3.68. The van der Waals surface area contributed by atoms with Crippen LogP contribution in [0.25, 0.3) is 11.4 Å². The lowest BCUT2D eigenvalue weighted by molar-refractivity contribution is 0.140. The van der Waals surface area contributed by atoms with Gasteiger partial charge in [-0.15, -0.1) is 0 Å². The molecule has 0 aliphatic rings. The van der Waals surface area contributed by atoms with E-state index in [4.69, 9.17) is 14.5 Å². The molecule has 168 valence electrons. The standard InChI is InChI=1S/C24H28N4O4/c1-18(27-31-17-6-5-10-19-8-3-2-4-9-19)20-12-14-21(15-13-20)23-26-22(32-28-23)11-7-16-25-24(29)30/h2-4,8-9,12-15,25H,5-7,10-11,16-17H2,1H3,(H,29,30). The van der Waals surface area contributed by atoms with Gasteiger partial charge in [-0.1, -0.05) is 64.9 Å². The van der Waals surface area contributed by atoms with Crippen molar-refractivity contribution in [2.24, 2.45) is 5.16 Å². The van der Waals surface area contributed by atoms with E-state index in [2.05, 4.69) is 44.9 Å². The monoisotopic (exact) mass is 436 g/mol. The molecule has 2 N–H and O–H groups in total. The number of nitrogens with zero attached hydrogens (tertiary/aromatic N) is 3. The van der Waals surface area contributed by atoms with Gasteiger partial charge in [-0.05, 0) is 43.7 Å². The van der Waals surface area contributed by atoms with E-state index in [0.717, 1.165) is 36.1 Å². The molecule has 3 rings (SSSR count). The highest BCUT2D eigenvalue weighted by Crippen LogP contribution is 2.17. The first-order chi connectivity index (χ1) is 15.6. The van der Waals surface area contributed by atoms with Crippen LogP contribution in [-0.4, -0.2) is 40.2 Å². The van der Waals surface area contributed by atoms with Crippen LogP contribution in [0.1, 0.15) is 43.2 Å². The third-order valence-corrected chi connectivity index (χ3v) is 4.87. The molecule has 0 unspecified atom stereocenters. The number of amides is 1. The van der Waals surface area contributed by atoms with Gasteiger partial charge < -0.3 is 19.8 Å². The van der Waals surface area contributed by atoms with Crippen molar-refractivity contribution in [2.45, 2.75) is 39.0 Å². The second-order valence-electron chi connectivity index (χ2n) is 7.38. The molecule has 1 amide bonds. The molecule has 0 fully saturated rings. The molecule has 0 aliphatic heterocycles. The lowest BCUT2D eigenvalue weighted by Crippen LogP contribution is -2.22. The van der Waals surface area contributed by atoms with E-state index in [-0.39, 0.29) is 0 Å². The van der Waals surface area contributed by atoms with Crippen molar-refractivity contribution in [1.82, 2.24) is 15.5 Å². The Morgan fingerprint density at radius 1 is 1.06 bits per heavy atom. The average Bonchev–Trinajstić information content (AvgIpc) is 3.28. The smallest absolute Gasteiger partial charge is 0.404 e. The molecule has 0 atom stereocenters. The molecular formula is C24H28N4O4. The lowest BCUT2D eigenvalue weighted by Gasteiger charge is -2.04. The summed E-state index contributed by atoms with van der Waals surface area (Å²) in [5, 5.41) is 19.1. The lowest BCUT2D eigenvalue weighted by atomic mass is 10.1. The highest BCUT2D eigenvalue weighted by Gasteiger charge is 2.09. The van der Waals surface area contributed by atoms with E-state index in [9.17, 15) is 4.79 Å². The Bertz CT molecular complexity index is 1000. The summed E-state index contributed by atoms with van der Waals surface area (Å²) in [4.78, 5) is 20.3. The molecule has 2 aromatic carbocycles. The predicted octanol–water partition coefficient (Wildman–Crippen LogP) is 4.70. The number of oxime groups is 1. The minimum Gasteiger partial charge on any atom is -0.465 e. The largest absolute Gasteiger partial charge is 0.465 e. The predicted molar refractivity (Wildman–Crippen MR) is 122 cm³/mol. The zero-order valence-electron chi connectivity index (χ0n) is 18.2. The number of hydrogen-bond donors (Lipinski definition) is 2. The molecule has 0 radical (unpaired) electrons. The molecular weight excluding hydrogens is 408 g/mol. The maximum Gasteiger partial charge on any atom is 0.404 e. The minimum absolute atomic E-state index is 0.343. The van der Waals surface area contributed by atoms with Crippen molar-refractivity contribution in [3.63, 3.8) is 0 Å². The number of rotatable bonds is 12. The first kappa shape index (κ1) is 23.0. The van der Waals surface area contributed by atoms with Crippen LogP contribution in [0.2, 0.25) is 0 Å². The number of aryl methyl sites for hydroxylation is 2. The molecule has 1 heterocycles. The van der Waals surface area contributed by atoms with E-state index >= 15 is 0 Å². The maximum absolute atomic E-state index is 10.4. The van der Waals surface area contributed by atoms with Gasteiger partial charge in [0.1, 0.15) is 6.61 Å². The third kappa shape index (κ3) is 7.54. The molecule has 1 aromatic heterocycles. The summed E-state index contributed by atoms with van der Waals surface area (Å²) in [7, 11) is 0. The maximum atomic E-state index is 10.4. The number of aromatic nitrogens is 2. The van der Waals surface area contributed by atoms with Gasteiger partial charge in [-0.3, -0.25) is 0 Å². The average molecular weight is 437 g/mol. The number of carbonyl (C=O) groups is 1. The number of benzene rings is 2. The second-order valence-corrected chi connectivity index (χ2v) is 7.38. The molecule has 8 heteroatoms. The van der Waals surface area contributed by atoms with Crippen LogP contribution in [0.3, 0.4) is 0 Å². The van der Waals surface area contributed by atoms with Crippen LogP contribution in [0.5, 0.6) is 0 Å². The first-order valence-electron chi connectivity index (χ1n) is 10.7. The Labute approximate surface area is 187 Å². The fourth-order valence-electron chi connectivity index (χ4n) is 3.10. The Balaban J connectivity index is 1.41. The zero-order valence-corrected chi connectivity index (χ0v) is 18.2. The molecule has 0 saturated heterocycles. The summed E-state index contributed by atoms with van der Waals surface area (Å²) in [6.07, 6.45) is 3.14. The van der Waals surface area contributed by atoms with Gasteiger partial charge in [0.2, 0.25) is 11.7 Å². The molecule has 0 spiro atoms. The summed E-state index contributed by atoms with van der Waals surface area (Å²) in [6.45, 7) is 2.85. The minimum atomic E-state index is -1.04. The number of nitrogens with one attached hydrogen (secondary N) is 1. The highest BCUT2D eigenvalue weighted by molar-refractivity contribution is 5.98. The number of hydrogen-bond acceptors (Lipinski definition) is 6. The van der Waals surface area contributed by atoms with Gasteiger partial charge in [0, 0.05) is 18.5 Å². The topological polar surface area (TPSA) is 110 Å². The summed E-state index contributed by atoms with van der Waals surface area (Å²) < 4.78 is 5.24. The molecule has 32 heavy (non-hydrogen) atoms. The zero-order chi connectivity index (χ0) is 22.6. The van der Waals surface area contributed by atoms with Gasteiger partial charge in [-0.2, -0.15) is 4.98 Å².